The van der Waals surface area contributed by atoms with Crippen molar-refractivity contribution in [3.05, 3.63) is 28.2 Å². The molecule has 0 aliphatic heterocycles. The molecule has 1 aromatic rings. The Morgan fingerprint density at radius 2 is 1.78 bits per heavy atom. The van der Waals surface area contributed by atoms with E-state index in [1.165, 1.54) is 12.1 Å². The van der Waals surface area contributed by atoms with Crippen molar-refractivity contribution in [2.75, 3.05) is 7.11 Å². The minimum Gasteiger partial charge on any atom is -0.496 e. The van der Waals surface area contributed by atoms with Gasteiger partial charge in [0.15, 0.2) is 0 Å². The number of nitrogens with two attached hydrogens (primary N) is 1. The van der Waals surface area contributed by atoms with Crippen molar-refractivity contribution in [2.45, 2.75) is 18.1 Å². The summed E-state index contributed by atoms with van der Waals surface area (Å²) in [4.78, 5) is 0. The summed E-state index contributed by atoms with van der Waals surface area (Å²) < 4.78 is 68.0. The van der Waals surface area contributed by atoms with Crippen LogP contribution in [0.25, 0.3) is 0 Å². The molecule has 2 nitrogen and oxygen atoms in total. The first-order valence-corrected chi connectivity index (χ1v) is 5.44. The van der Waals surface area contributed by atoms with Crippen LogP contribution in [0.15, 0.2) is 22.7 Å². The van der Waals surface area contributed by atoms with E-state index in [2.05, 4.69) is 15.9 Å². The maximum atomic E-state index is 13.1. The maximum absolute atomic E-state index is 13.1. The zero-order valence-corrected chi connectivity index (χ0v) is 10.6. The van der Waals surface area contributed by atoms with Gasteiger partial charge in [-0.2, -0.15) is 22.0 Å². The van der Waals surface area contributed by atoms with Gasteiger partial charge >= 0.3 is 12.1 Å². The summed E-state index contributed by atoms with van der Waals surface area (Å²) in [5.41, 5.74) is 4.61. The van der Waals surface area contributed by atoms with E-state index in [1.807, 2.05) is 0 Å². The molecule has 0 aromatic heterocycles. The molecule has 2 N–H and O–H groups in total. The Bertz CT molecular complexity index is 435. The lowest BCUT2D eigenvalue weighted by Gasteiger charge is -2.27. The Hall–Kier alpha value is -0.890. The summed E-state index contributed by atoms with van der Waals surface area (Å²) >= 11 is 2.97. The van der Waals surface area contributed by atoms with Crippen molar-refractivity contribution in [1.82, 2.24) is 0 Å². The van der Waals surface area contributed by atoms with E-state index < -0.39 is 23.7 Å². The van der Waals surface area contributed by atoms with E-state index in [9.17, 15) is 22.0 Å². The van der Waals surface area contributed by atoms with Crippen LogP contribution in [0.3, 0.4) is 0 Å². The molecular formula is C10H9BrF5NO. The lowest BCUT2D eigenvalue weighted by Crippen LogP contribution is -2.45. The Morgan fingerprint density at radius 3 is 2.22 bits per heavy atom. The molecule has 0 saturated carbocycles. The fraction of sp³-hybridized carbons (Fsp3) is 0.400. The highest BCUT2D eigenvalue weighted by molar-refractivity contribution is 9.10. The summed E-state index contributed by atoms with van der Waals surface area (Å²) in [5.74, 6) is -5.17. The molecule has 0 fully saturated rings. The van der Waals surface area contributed by atoms with Crippen LogP contribution >= 0.6 is 15.9 Å². The van der Waals surface area contributed by atoms with Crippen LogP contribution in [0.4, 0.5) is 22.0 Å². The summed E-state index contributed by atoms with van der Waals surface area (Å²) in [6, 6.07) is 1.24. The van der Waals surface area contributed by atoms with Gasteiger partial charge in [-0.15, -0.1) is 0 Å². The highest BCUT2D eigenvalue weighted by Gasteiger charge is 2.62. The van der Waals surface area contributed by atoms with Gasteiger partial charge in [0.05, 0.1) is 7.11 Å². The van der Waals surface area contributed by atoms with E-state index in [1.54, 1.807) is 0 Å². The number of benzene rings is 1. The summed E-state index contributed by atoms with van der Waals surface area (Å²) in [6.45, 7) is 0. The zero-order chi connectivity index (χ0) is 14.1. The summed E-state index contributed by atoms with van der Waals surface area (Å²) in [5, 5.41) is 0. The number of halogens is 6. The van der Waals surface area contributed by atoms with Gasteiger partial charge in [0.2, 0.25) is 0 Å². The van der Waals surface area contributed by atoms with E-state index in [0.29, 0.717) is 4.47 Å². The average molecular weight is 334 g/mol. The molecule has 0 amide bonds. The molecule has 0 spiro atoms. The second-order valence-electron chi connectivity index (χ2n) is 3.48. The van der Waals surface area contributed by atoms with E-state index in [0.717, 1.165) is 13.2 Å². The number of ether oxygens (including phenoxy) is 1. The van der Waals surface area contributed by atoms with Crippen molar-refractivity contribution in [3.8, 4) is 5.75 Å². The topological polar surface area (TPSA) is 35.2 Å². The monoisotopic (exact) mass is 333 g/mol. The van der Waals surface area contributed by atoms with Crippen LogP contribution in [0, 0.1) is 0 Å². The Kier molecular flexibility index (Phi) is 4.22. The molecule has 8 heteroatoms. The van der Waals surface area contributed by atoms with Crippen LogP contribution in [-0.2, 0) is 0 Å². The molecule has 102 valence electrons. The largest absolute Gasteiger partial charge is 0.496 e. The van der Waals surface area contributed by atoms with Crippen LogP contribution < -0.4 is 10.5 Å². The van der Waals surface area contributed by atoms with Gasteiger partial charge in [-0.25, -0.2) is 0 Å². The normalized spacial score (nSPS) is 14.4. The number of hydrogen-bond acceptors (Lipinski definition) is 2. The summed E-state index contributed by atoms with van der Waals surface area (Å²) in [7, 11) is 1.16. The van der Waals surface area contributed by atoms with Gasteiger partial charge in [-0.05, 0) is 18.2 Å². The minimum atomic E-state index is -5.72. The first-order valence-electron chi connectivity index (χ1n) is 4.64. The minimum absolute atomic E-state index is 0.130. The van der Waals surface area contributed by atoms with Gasteiger partial charge in [-0.3, -0.25) is 0 Å². The summed E-state index contributed by atoms with van der Waals surface area (Å²) in [6.07, 6.45) is -5.72. The molecule has 0 aliphatic carbocycles. The highest BCUT2D eigenvalue weighted by atomic mass is 79.9. The Labute approximate surface area is 108 Å². The van der Waals surface area contributed by atoms with Crippen molar-refractivity contribution < 1.29 is 26.7 Å². The molecule has 0 saturated heterocycles. The van der Waals surface area contributed by atoms with Crippen molar-refractivity contribution in [3.63, 3.8) is 0 Å². The SMILES string of the molecule is COc1ccc(Br)cc1[C@@H](N)C(F)(F)C(F)(F)F. The van der Waals surface area contributed by atoms with Crippen LogP contribution in [-0.4, -0.2) is 19.2 Å². The smallest absolute Gasteiger partial charge is 0.455 e. The van der Waals surface area contributed by atoms with Gasteiger partial charge in [-0.1, -0.05) is 15.9 Å². The van der Waals surface area contributed by atoms with Crippen LogP contribution in [0.2, 0.25) is 0 Å². The highest BCUT2D eigenvalue weighted by Crippen LogP contribution is 2.45. The second-order valence-corrected chi connectivity index (χ2v) is 4.40. The number of hydrogen-bond donors (Lipinski definition) is 1. The standard InChI is InChI=1S/C10H9BrF5NO/c1-18-7-3-2-5(11)4-6(7)8(17)9(12,13)10(14,15)16/h2-4,8H,17H2,1H3/t8-/m1/s1. The molecule has 1 aromatic carbocycles. The van der Waals surface area contributed by atoms with E-state index in [-0.39, 0.29) is 5.75 Å². The van der Waals surface area contributed by atoms with Crippen molar-refractivity contribution >= 4 is 15.9 Å². The number of methoxy groups -OCH3 is 1. The molecule has 0 aliphatic rings. The molecule has 0 bridgehead atoms. The van der Waals surface area contributed by atoms with E-state index in [4.69, 9.17) is 10.5 Å². The Morgan fingerprint density at radius 1 is 1.22 bits per heavy atom. The third-order valence-corrected chi connectivity index (χ3v) is 2.79. The first kappa shape index (κ1) is 15.2. The van der Waals surface area contributed by atoms with Gasteiger partial charge in [0.1, 0.15) is 11.8 Å². The molecule has 1 rings (SSSR count). The third kappa shape index (κ3) is 2.74. The number of alkyl halides is 5. The fourth-order valence-electron chi connectivity index (χ4n) is 1.32. The van der Waals surface area contributed by atoms with Gasteiger partial charge in [0.25, 0.3) is 0 Å². The number of rotatable bonds is 3. The molecule has 0 radical (unpaired) electrons. The van der Waals surface area contributed by atoms with Gasteiger partial charge < -0.3 is 10.5 Å². The van der Waals surface area contributed by atoms with Gasteiger partial charge in [0, 0.05) is 10.0 Å². The van der Waals surface area contributed by atoms with E-state index >= 15 is 0 Å². The van der Waals surface area contributed by atoms with Crippen molar-refractivity contribution in [1.29, 1.82) is 0 Å². The third-order valence-electron chi connectivity index (χ3n) is 2.30. The predicted octanol–water partition coefficient (Wildman–Crippen LogP) is 3.66. The van der Waals surface area contributed by atoms with Crippen LogP contribution in [0.1, 0.15) is 11.6 Å². The van der Waals surface area contributed by atoms with Crippen LogP contribution in [0.5, 0.6) is 5.75 Å². The predicted molar refractivity (Wildman–Crippen MR) is 58.6 cm³/mol. The molecule has 0 unspecified atom stereocenters. The quantitative estimate of drug-likeness (QED) is 0.857. The lowest BCUT2D eigenvalue weighted by molar-refractivity contribution is -0.291. The lowest BCUT2D eigenvalue weighted by atomic mass is 10.00. The average Bonchev–Trinajstić information content (AvgIpc) is 2.26. The second kappa shape index (κ2) is 5.00. The first-order chi connectivity index (χ1) is 8.11. The zero-order valence-electron chi connectivity index (χ0n) is 9.06. The molecule has 18 heavy (non-hydrogen) atoms. The maximum Gasteiger partial charge on any atom is 0.455 e. The fourth-order valence-corrected chi connectivity index (χ4v) is 1.70. The van der Waals surface area contributed by atoms with Crippen molar-refractivity contribution in [2.24, 2.45) is 5.73 Å². The molecular weight excluding hydrogens is 325 g/mol. The molecule has 1 atom stereocenters. The Balaban J connectivity index is 3.26. The molecule has 0 heterocycles.